The van der Waals surface area contributed by atoms with Gasteiger partial charge < -0.3 is 10.6 Å². The molecule has 2 N–H and O–H groups in total. The predicted molar refractivity (Wildman–Crippen MR) is 92.0 cm³/mol. The average Bonchev–Trinajstić information content (AvgIpc) is 2.48. The number of fused-ring (bicyclic) bond motifs is 1. The molecule has 3 heteroatoms. The molecule has 0 saturated carbocycles. The molecule has 0 bridgehead atoms. The Kier molecular flexibility index (Phi) is 4.95. The molecule has 1 unspecified atom stereocenters. The fourth-order valence-corrected chi connectivity index (χ4v) is 3.20. The zero-order valence-corrected chi connectivity index (χ0v) is 14.3. The van der Waals surface area contributed by atoms with E-state index in [0.717, 1.165) is 13.0 Å². The van der Waals surface area contributed by atoms with E-state index in [-0.39, 0.29) is 11.6 Å². The third kappa shape index (κ3) is 3.24. The normalized spacial score (nSPS) is 17.0. The van der Waals surface area contributed by atoms with Crippen molar-refractivity contribution in [3.63, 3.8) is 0 Å². The highest BCUT2D eigenvalue weighted by molar-refractivity contribution is 5.56. The molecule has 1 heterocycles. The minimum Gasteiger partial charge on any atom is -0.374 e. The summed E-state index contributed by atoms with van der Waals surface area (Å²) in [5.41, 5.74) is 10.5. The third-order valence-corrected chi connectivity index (χ3v) is 5.35. The van der Waals surface area contributed by atoms with Crippen molar-refractivity contribution >= 4 is 5.69 Å². The van der Waals surface area contributed by atoms with Crippen molar-refractivity contribution < 1.29 is 0 Å². The molecule has 0 radical (unpaired) electrons. The largest absolute Gasteiger partial charge is 0.374 e. The zero-order valence-electron chi connectivity index (χ0n) is 14.3. The van der Waals surface area contributed by atoms with E-state index in [2.05, 4.69) is 62.9 Å². The van der Waals surface area contributed by atoms with Gasteiger partial charge in [0.1, 0.15) is 0 Å². The third-order valence-electron chi connectivity index (χ3n) is 5.35. The van der Waals surface area contributed by atoms with Crippen LogP contribution in [0.5, 0.6) is 0 Å². The summed E-state index contributed by atoms with van der Waals surface area (Å²) < 4.78 is 0. The molecule has 118 valence electrons. The molecule has 1 aliphatic heterocycles. The quantitative estimate of drug-likeness (QED) is 0.903. The predicted octanol–water partition coefficient (Wildman–Crippen LogP) is 3.19. The lowest BCUT2D eigenvalue weighted by Gasteiger charge is -2.41. The van der Waals surface area contributed by atoms with E-state index in [1.807, 2.05) is 0 Å². The lowest BCUT2D eigenvalue weighted by molar-refractivity contribution is 0.100. The standard InChI is InChI=1S/C18H31N3/c1-6-18(2,3)21(5)17(13-19)15-9-10-16-14(12-15)8-7-11-20(16)4/h9-10,12,17H,6-8,11,13,19H2,1-5H3. The molecular weight excluding hydrogens is 258 g/mol. The number of anilines is 1. The molecule has 2 rings (SSSR count). The van der Waals surface area contributed by atoms with E-state index in [1.54, 1.807) is 0 Å². The van der Waals surface area contributed by atoms with Gasteiger partial charge in [0.2, 0.25) is 0 Å². The van der Waals surface area contributed by atoms with Crippen molar-refractivity contribution in [2.45, 2.75) is 51.6 Å². The van der Waals surface area contributed by atoms with Gasteiger partial charge in [-0.05, 0) is 57.4 Å². The first-order valence-electron chi connectivity index (χ1n) is 8.17. The van der Waals surface area contributed by atoms with E-state index in [9.17, 15) is 0 Å². The molecule has 1 atom stereocenters. The molecule has 0 fully saturated rings. The summed E-state index contributed by atoms with van der Waals surface area (Å²) in [4.78, 5) is 4.79. The Morgan fingerprint density at radius 2 is 2.10 bits per heavy atom. The van der Waals surface area contributed by atoms with Crippen molar-refractivity contribution in [2.24, 2.45) is 5.73 Å². The monoisotopic (exact) mass is 289 g/mol. The Morgan fingerprint density at radius 3 is 2.71 bits per heavy atom. The highest BCUT2D eigenvalue weighted by Gasteiger charge is 2.28. The van der Waals surface area contributed by atoms with Crippen LogP contribution in [-0.4, -0.2) is 37.6 Å². The van der Waals surface area contributed by atoms with Crippen LogP contribution < -0.4 is 10.6 Å². The fraction of sp³-hybridized carbons (Fsp3) is 0.667. The molecule has 0 aliphatic carbocycles. The van der Waals surface area contributed by atoms with E-state index >= 15 is 0 Å². The Balaban J connectivity index is 2.31. The molecule has 0 aromatic heterocycles. The van der Waals surface area contributed by atoms with Crippen LogP contribution in [0.1, 0.15) is 50.8 Å². The van der Waals surface area contributed by atoms with Gasteiger partial charge in [0.25, 0.3) is 0 Å². The number of rotatable bonds is 5. The van der Waals surface area contributed by atoms with Crippen LogP contribution in [0.3, 0.4) is 0 Å². The Labute approximate surface area is 130 Å². The number of aryl methyl sites for hydroxylation is 1. The first kappa shape index (κ1) is 16.3. The smallest absolute Gasteiger partial charge is 0.0472 e. The first-order chi connectivity index (χ1) is 9.90. The van der Waals surface area contributed by atoms with Gasteiger partial charge in [-0.2, -0.15) is 0 Å². The molecule has 0 spiro atoms. The summed E-state index contributed by atoms with van der Waals surface area (Å²) in [6, 6.07) is 7.21. The first-order valence-corrected chi connectivity index (χ1v) is 8.17. The topological polar surface area (TPSA) is 32.5 Å². The SMILES string of the molecule is CCC(C)(C)N(C)C(CN)c1ccc2c(c1)CCCN2C. The highest BCUT2D eigenvalue weighted by atomic mass is 15.2. The maximum Gasteiger partial charge on any atom is 0.0472 e. The summed E-state index contributed by atoms with van der Waals surface area (Å²) >= 11 is 0. The van der Waals surface area contributed by atoms with Gasteiger partial charge in [-0.25, -0.2) is 0 Å². The molecule has 3 nitrogen and oxygen atoms in total. The maximum atomic E-state index is 6.11. The number of nitrogens with two attached hydrogens (primary N) is 1. The van der Waals surface area contributed by atoms with Crippen LogP contribution in [0.2, 0.25) is 0 Å². The molecule has 1 aromatic rings. The summed E-state index contributed by atoms with van der Waals surface area (Å²) in [5.74, 6) is 0. The lowest BCUT2D eigenvalue weighted by atomic mass is 9.92. The fourth-order valence-electron chi connectivity index (χ4n) is 3.20. The zero-order chi connectivity index (χ0) is 15.6. The van der Waals surface area contributed by atoms with Gasteiger partial charge in [0.05, 0.1) is 0 Å². The van der Waals surface area contributed by atoms with Crippen molar-refractivity contribution in [1.29, 1.82) is 0 Å². The van der Waals surface area contributed by atoms with Crippen molar-refractivity contribution in [3.05, 3.63) is 29.3 Å². The van der Waals surface area contributed by atoms with Crippen LogP contribution in [0.15, 0.2) is 18.2 Å². The number of nitrogens with zero attached hydrogens (tertiary/aromatic N) is 2. The van der Waals surface area contributed by atoms with E-state index in [0.29, 0.717) is 6.54 Å². The number of hydrogen-bond donors (Lipinski definition) is 1. The number of benzene rings is 1. The Hall–Kier alpha value is -1.06. The number of hydrogen-bond acceptors (Lipinski definition) is 3. The second kappa shape index (κ2) is 6.37. The minimum atomic E-state index is 0.163. The summed E-state index contributed by atoms with van der Waals surface area (Å²) in [6.45, 7) is 8.65. The lowest BCUT2D eigenvalue weighted by Crippen LogP contribution is -2.45. The van der Waals surface area contributed by atoms with Crippen LogP contribution in [-0.2, 0) is 6.42 Å². The van der Waals surface area contributed by atoms with Crippen LogP contribution >= 0.6 is 0 Å². The molecule has 1 aliphatic rings. The highest BCUT2D eigenvalue weighted by Crippen LogP contribution is 2.32. The second-order valence-electron chi connectivity index (χ2n) is 6.94. The van der Waals surface area contributed by atoms with E-state index in [1.165, 1.54) is 29.7 Å². The van der Waals surface area contributed by atoms with Gasteiger partial charge in [-0.1, -0.05) is 19.1 Å². The van der Waals surface area contributed by atoms with Gasteiger partial charge in [0, 0.05) is 37.4 Å². The van der Waals surface area contributed by atoms with Gasteiger partial charge in [-0.15, -0.1) is 0 Å². The Morgan fingerprint density at radius 1 is 1.38 bits per heavy atom. The molecule has 1 aromatic carbocycles. The average molecular weight is 289 g/mol. The Bertz CT molecular complexity index is 481. The van der Waals surface area contributed by atoms with Crippen molar-refractivity contribution in [1.82, 2.24) is 4.90 Å². The molecular formula is C18H31N3. The van der Waals surface area contributed by atoms with Gasteiger partial charge >= 0.3 is 0 Å². The maximum absolute atomic E-state index is 6.11. The summed E-state index contributed by atoms with van der Waals surface area (Å²) in [5, 5.41) is 0. The summed E-state index contributed by atoms with van der Waals surface area (Å²) in [6.07, 6.45) is 3.55. The van der Waals surface area contributed by atoms with E-state index in [4.69, 9.17) is 5.73 Å². The van der Waals surface area contributed by atoms with E-state index < -0.39 is 0 Å². The molecule has 0 saturated heterocycles. The number of likely N-dealkylation sites (N-methyl/N-ethyl adjacent to an activating group) is 1. The molecule has 0 amide bonds. The van der Waals surface area contributed by atoms with Gasteiger partial charge in [0.15, 0.2) is 0 Å². The van der Waals surface area contributed by atoms with Gasteiger partial charge in [-0.3, -0.25) is 4.90 Å². The van der Waals surface area contributed by atoms with Crippen LogP contribution in [0.25, 0.3) is 0 Å². The minimum absolute atomic E-state index is 0.163. The van der Waals surface area contributed by atoms with Crippen molar-refractivity contribution in [2.75, 3.05) is 32.1 Å². The van der Waals surface area contributed by atoms with Crippen molar-refractivity contribution in [3.8, 4) is 0 Å². The second-order valence-corrected chi connectivity index (χ2v) is 6.94. The summed E-state index contributed by atoms with van der Waals surface area (Å²) in [7, 11) is 4.39. The van der Waals surface area contributed by atoms with Crippen LogP contribution in [0.4, 0.5) is 5.69 Å². The molecule has 21 heavy (non-hydrogen) atoms. The van der Waals surface area contributed by atoms with Crippen LogP contribution in [0, 0.1) is 0 Å².